The summed E-state index contributed by atoms with van der Waals surface area (Å²) in [5.74, 6) is 0.278. The monoisotopic (exact) mass is 337 g/mol. The summed E-state index contributed by atoms with van der Waals surface area (Å²) in [6, 6.07) is 8.57. The van der Waals surface area contributed by atoms with E-state index >= 15 is 0 Å². The van der Waals surface area contributed by atoms with Gasteiger partial charge in [0.25, 0.3) is 5.69 Å². The summed E-state index contributed by atoms with van der Waals surface area (Å²) < 4.78 is 35.1. The largest absolute Gasteiger partial charge is 0.493 e. The van der Waals surface area contributed by atoms with E-state index in [0.717, 1.165) is 5.56 Å². The lowest BCUT2D eigenvalue weighted by Crippen LogP contribution is -2.12. The predicted octanol–water partition coefficient (Wildman–Crippen LogP) is 2.99. The first-order valence-corrected chi connectivity index (χ1v) is 8.00. The van der Waals surface area contributed by atoms with Crippen molar-refractivity contribution < 1.29 is 22.3 Å². The Morgan fingerprint density at radius 2 is 1.78 bits per heavy atom. The van der Waals surface area contributed by atoms with Crippen LogP contribution in [0.1, 0.15) is 11.1 Å². The molecule has 23 heavy (non-hydrogen) atoms. The molecule has 0 amide bonds. The fraction of sp³-hybridized carbons (Fsp3) is 0.200. The molecule has 0 aliphatic heterocycles. The second-order valence-corrected chi connectivity index (χ2v) is 6.36. The van der Waals surface area contributed by atoms with Crippen LogP contribution in [0.5, 0.6) is 11.5 Å². The minimum Gasteiger partial charge on any atom is -0.493 e. The maximum absolute atomic E-state index is 12.4. The van der Waals surface area contributed by atoms with Crippen LogP contribution in [0, 0.1) is 24.0 Å². The van der Waals surface area contributed by atoms with Crippen molar-refractivity contribution in [3.63, 3.8) is 0 Å². The Labute approximate surface area is 133 Å². The second-order valence-electron chi connectivity index (χ2n) is 4.85. The van der Waals surface area contributed by atoms with Gasteiger partial charge in [-0.05, 0) is 37.6 Å². The van der Waals surface area contributed by atoms with Crippen LogP contribution in [0.3, 0.4) is 0 Å². The summed E-state index contributed by atoms with van der Waals surface area (Å²) in [4.78, 5) is 10.1. The highest BCUT2D eigenvalue weighted by Gasteiger charge is 2.25. The van der Waals surface area contributed by atoms with E-state index in [-0.39, 0.29) is 27.6 Å². The summed E-state index contributed by atoms with van der Waals surface area (Å²) >= 11 is 0. The van der Waals surface area contributed by atoms with Crippen LogP contribution < -0.4 is 8.92 Å². The summed E-state index contributed by atoms with van der Waals surface area (Å²) in [6.07, 6.45) is 0. The maximum Gasteiger partial charge on any atom is 0.339 e. The molecule has 0 saturated heterocycles. The molecular weight excluding hydrogens is 322 g/mol. The van der Waals surface area contributed by atoms with Crippen LogP contribution >= 0.6 is 0 Å². The van der Waals surface area contributed by atoms with E-state index in [9.17, 15) is 18.5 Å². The van der Waals surface area contributed by atoms with Crippen LogP contribution in [0.2, 0.25) is 0 Å². The molecule has 0 radical (unpaired) electrons. The first-order chi connectivity index (χ1) is 10.8. The fourth-order valence-corrected chi connectivity index (χ4v) is 3.27. The van der Waals surface area contributed by atoms with E-state index < -0.39 is 15.0 Å². The quantitative estimate of drug-likeness (QED) is 0.473. The van der Waals surface area contributed by atoms with Crippen molar-refractivity contribution in [2.75, 3.05) is 7.11 Å². The van der Waals surface area contributed by atoms with Gasteiger partial charge in [0.1, 0.15) is 4.90 Å². The van der Waals surface area contributed by atoms with Crippen LogP contribution in [0.25, 0.3) is 0 Å². The van der Waals surface area contributed by atoms with Gasteiger partial charge in [-0.3, -0.25) is 10.1 Å². The summed E-state index contributed by atoms with van der Waals surface area (Å²) in [6.45, 7) is 3.19. The Morgan fingerprint density at radius 1 is 1.09 bits per heavy atom. The third-order valence-electron chi connectivity index (χ3n) is 3.24. The number of ether oxygens (including phenoxy) is 1. The predicted molar refractivity (Wildman–Crippen MR) is 83.4 cm³/mol. The smallest absolute Gasteiger partial charge is 0.339 e. The molecule has 0 atom stereocenters. The number of nitro groups is 1. The number of nitro benzene ring substituents is 1. The summed E-state index contributed by atoms with van der Waals surface area (Å²) in [7, 11) is -2.83. The number of hydrogen-bond acceptors (Lipinski definition) is 6. The average molecular weight is 337 g/mol. The Morgan fingerprint density at radius 3 is 2.39 bits per heavy atom. The van der Waals surface area contributed by atoms with Gasteiger partial charge >= 0.3 is 10.1 Å². The van der Waals surface area contributed by atoms with Crippen LogP contribution in [-0.2, 0) is 10.1 Å². The van der Waals surface area contributed by atoms with Gasteiger partial charge in [0.15, 0.2) is 11.5 Å². The van der Waals surface area contributed by atoms with Crippen LogP contribution in [0.4, 0.5) is 5.69 Å². The molecule has 2 rings (SSSR count). The van der Waals surface area contributed by atoms with Gasteiger partial charge < -0.3 is 8.92 Å². The van der Waals surface area contributed by atoms with Crippen molar-refractivity contribution in [1.82, 2.24) is 0 Å². The molecule has 2 aromatic carbocycles. The van der Waals surface area contributed by atoms with Crippen molar-refractivity contribution in [1.29, 1.82) is 0 Å². The highest BCUT2D eigenvalue weighted by atomic mass is 32.2. The normalized spacial score (nSPS) is 11.1. The molecule has 0 heterocycles. The third kappa shape index (κ3) is 3.42. The first kappa shape index (κ1) is 16.8. The number of benzene rings is 2. The molecule has 0 aliphatic carbocycles. The number of aryl methyl sites for hydroxylation is 1. The van der Waals surface area contributed by atoms with E-state index in [0.29, 0.717) is 0 Å². The van der Waals surface area contributed by atoms with Crippen molar-refractivity contribution in [2.24, 2.45) is 0 Å². The van der Waals surface area contributed by atoms with Gasteiger partial charge in [-0.25, -0.2) is 0 Å². The molecule has 122 valence electrons. The molecule has 0 spiro atoms. The summed E-state index contributed by atoms with van der Waals surface area (Å²) in [5.41, 5.74) is 0.604. The van der Waals surface area contributed by atoms with E-state index in [1.807, 2.05) is 6.92 Å². The Kier molecular flexibility index (Phi) is 4.55. The van der Waals surface area contributed by atoms with Crippen molar-refractivity contribution in [3.05, 3.63) is 57.6 Å². The topological polar surface area (TPSA) is 95.7 Å². The molecule has 7 nitrogen and oxygen atoms in total. The van der Waals surface area contributed by atoms with Gasteiger partial charge in [-0.1, -0.05) is 12.1 Å². The molecule has 0 fully saturated rings. The molecule has 0 bridgehead atoms. The first-order valence-electron chi connectivity index (χ1n) is 6.59. The molecular formula is C15H15NO6S. The van der Waals surface area contributed by atoms with Gasteiger partial charge in [0.2, 0.25) is 0 Å². The van der Waals surface area contributed by atoms with Gasteiger partial charge in [0.05, 0.1) is 12.0 Å². The SMILES string of the molecule is COc1cc(C)ccc1OS(=O)(=O)c1cccc([N+](=O)[O-])c1C. The fourth-order valence-electron chi connectivity index (χ4n) is 2.08. The zero-order chi connectivity index (χ0) is 17.2. The average Bonchev–Trinajstić information content (AvgIpc) is 2.48. The zero-order valence-electron chi connectivity index (χ0n) is 12.8. The van der Waals surface area contributed by atoms with Crippen molar-refractivity contribution in [3.8, 4) is 11.5 Å². The lowest BCUT2D eigenvalue weighted by atomic mass is 10.2. The molecule has 0 N–H and O–H groups in total. The number of rotatable bonds is 5. The second kappa shape index (κ2) is 6.25. The Hall–Kier alpha value is -2.61. The minimum absolute atomic E-state index is 0.0172. The maximum atomic E-state index is 12.4. The van der Waals surface area contributed by atoms with Crippen molar-refractivity contribution >= 4 is 15.8 Å². The number of nitrogens with zero attached hydrogens (tertiary/aromatic N) is 1. The highest BCUT2D eigenvalue weighted by molar-refractivity contribution is 7.87. The zero-order valence-corrected chi connectivity index (χ0v) is 13.6. The van der Waals surface area contributed by atoms with Gasteiger partial charge in [0, 0.05) is 11.6 Å². The molecule has 0 aliphatic rings. The van der Waals surface area contributed by atoms with Gasteiger partial charge in [-0.15, -0.1) is 0 Å². The van der Waals surface area contributed by atoms with E-state index in [1.54, 1.807) is 12.1 Å². The third-order valence-corrected chi connectivity index (χ3v) is 4.62. The van der Waals surface area contributed by atoms with E-state index in [1.165, 1.54) is 38.3 Å². The molecule has 0 saturated carbocycles. The van der Waals surface area contributed by atoms with Gasteiger partial charge in [-0.2, -0.15) is 8.42 Å². The number of hydrogen-bond donors (Lipinski definition) is 0. The molecule has 0 aromatic heterocycles. The standard InChI is InChI=1S/C15H15NO6S/c1-10-7-8-13(14(9-10)21-3)22-23(19,20)15-6-4-5-12(11(15)2)16(17)18/h4-9H,1-3H3. The van der Waals surface area contributed by atoms with Crippen LogP contribution in [0.15, 0.2) is 41.3 Å². The number of methoxy groups -OCH3 is 1. The Balaban J connectivity index is 2.48. The lowest BCUT2D eigenvalue weighted by molar-refractivity contribution is -0.385. The highest BCUT2D eigenvalue weighted by Crippen LogP contribution is 2.32. The van der Waals surface area contributed by atoms with Crippen LogP contribution in [-0.4, -0.2) is 20.5 Å². The molecule has 0 unspecified atom stereocenters. The Bertz CT molecular complexity index is 860. The summed E-state index contributed by atoms with van der Waals surface area (Å²) in [5, 5.41) is 10.9. The minimum atomic E-state index is -4.23. The molecule has 8 heteroatoms. The van der Waals surface area contributed by atoms with E-state index in [4.69, 9.17) is 8.92 Å². The lowest BCUT2D eigenvalue weighted by Gasteiger charge is -2.12. The van der Waals surface area contributed by atoms with Crippen molar-refractivity contribution in [2.45, 2.75) is 18.7 Å². The van der Waals surface area contributed by atoms with E-state index in [2.05, 4.69) is 0 Å². The molecule has 2 aromatic rings.